The Hall–Kier alpha value is -0.570. The van der Waals surface area contributed by atoms with Crippen LogP contribution in [0.3, 0.4) is 0 Å². The lowest BCUT2D eigenvalue weighted by molar-refractivity contribution is -0.138. The lowest BCUT2D eigenvalue weighted by atomic mass is 9.89. The first-order valence-electron chi connectivity index (χ1n) is 7.84. The molecule has 0 spiro atoms. The molecule has 18 heavy (non-hydrogen) atoms. The van der Waals surface area contributed by atoms with E-state index in [4.69, 9.17) is 0 Å². The predicted molar refractivity (Wildman–Crippen MR) is 74.5 cm³/mol. The maximum atomic E-state index is 12.7. The molecule has 0 aromatic heterocycles. The van der Waals surface area contributed by atoms with Gasteiger partial charge in [0.1, 0.15) is 0 Å². The third kappa shape index (κ3) is 3.47. The topological polar surface area (TPSA) is 32.3 Å². The fraction of sp³-hybridized carbons (Fsp3) is 0.933. The van der Waals surface area contributed by atoms with Crippen LogP contribution in [0.2, 0.25) is 0 Å². The van der Waals surface area contributed by atoms with Crippen LogP contribution in [0.25, 0.3) is 0 Å². The van der Waals surface area contributed by atoms with E-state index in [9.17, 15) is 4.79 Å². The summed E-state index contributed by atoms with van der Waals surface area (Å²) >= 11 is 0. The van der Waals surface area contributed by atoms with E-state index in [1.165, 1.54) is 32.1 Å². The first-order valence-corrected chi connectivity index (χ1v) is 7.84. The second-order valence-electron chi connectivity index (χ2n) is 5.81. The zero-order valence-corrected chi connectivity index (χ0v) is 11.8. The average Bonchev–Trinajstić information content (AvgIpc) is 2.83. The van der Waals surface area contributed by atoms with Crippen molar-refractivity contribution in [1.82, 2.24) is 10.2 Å². The lowest BCUT2D eigenvalue weighted by Gasteiger charge is -2.31. The maximum absolute atomic E-state index is 12.7. The lowest BCUT2D eigenvalue weighted by Crippen LogP contribution is -2.44. The molecule has 0 bridgehead atoms. The van der Waals surface area contributed by atoms with Crippen molar-refractivity contribution in [2.75, 3.05) is 19.6 Å². The molecule has 0 aromatic rings. The molecule has 3 heteroatoms. The third-order valence-corrected chi connectivity index (χ3v) is 4.55. The van der Waals surface area contributed by atoms with Crippen molar-refractivity contribution in [2.45, 2.75) is 64.3 Å². The van der Waals surface area contributed by atoms with Crippen LogP contribution in [0.5, 0.6) is 0 Å². The standard InChI is InChI=1S/C15H28N2O/c1-2-17(14-10-11-16-12-14)15(18)13-8-6-4-3-5-7-9-13/h13-14,16H,2-12H2,1H3. The average molecular weight is 252 g/mol. The van der Waals surface area contributed by atoms with Crippen molar-refractivity contribution in [1.29, 1.82) is 0 Å². The number of amides is 1. The normalized spacial score (nSPS) is 26.6. The van der Waals surface area contributed by atoms with Gasteiger partial charge in [0.25, 0.3) is 0 Å². The minimum atomic E-state index is 0.311. The highest BCUT2D eigenvalue weighted by molar-refractivity contribution is 5.79. The van der Waals surface area contributed by atoms with Gasteiger partial charge in [-0.1, -0.05) is 32.1 Å². The van der Waals surface area contributed by atoms with Crippen molar-refractivity contribution in [3.63, 3.8) is 0 Å². The quantitative estimate of drug-likeness (QED) is 0.837. The Bertz CT molecular complexity index is 253. The molecule has 0 radical (unpaired) electrons. The Kier molecular flexibility index (Phi) is 5.48. The highest BCUT2D eigenvalue weighted by Gasteiger charge is 2.30. The second kappa shape index (κ2) is 7.13. The van der Waals surface area contributed by atoms with Crippen molar-refractivity contribution in [3.05, 3.63) is 0 Å². The molecular weight excluding hydrogens is 224 g/mol. The van der Waals surface area contributed by atoms with Gasteiger partial charge in [0, 0.05) is 25.0 Å². The first kappa shape index (κ1) is 13.9. The van der Waals surface area contributed by atoms with Crippen LogP contribution in [-0.2, 0) is 4.79 Å². The van der Waals surface area contributed by atoms with Gasteiger partial charge in [-0.3, -0.25) is 4.79 Å². The Morgan fingerprint density at radius 1 is 1.11 bits per heavy atom. The van der Waals surface area contributed by atoms with E-state index in [0.717, 1.165) is 38.9 Å². The summed E-state index contributed by atoms with van der Waals surface area (Å²) in [5.41, 5.74) is 0. The van der Waals surface area contributed by atoms with E-state index in [-0.39, 0.29) is 0 Å². The minimum Gasteiger partial charge on any atom is -0.338 e. The summed E-state index contributed by atoms with van der Waals surface area (Å²) in [6.07, 6.45) is 9.87. The van der Waals surface area contributed by atoms with Gasteiger partial charge in [-0.2, -0.15) is 0 Å². The Morgan fingerprint density at radius 2 is 1.78 bits per heavy atom. The molecule has 1 atom stereocenters. The van der Waals surface area contributed by atoms with Gasteiger partial charge in [-0.25, -0.2) is 0 Å². The van der Waals surface area contributed by atoms with E-state index in [2.05, 4.69) is 17.1 Å². The number of carbonyl (C=O) groups excluding carboxylic acids is 1. The number of nitrogens with one attached hydrogen (secondary N) is 1. The highest BCUT2D eigenvalue weighted by Crippen LogP contribution is 2.25. The van der Waals surface area contributed by atoms with Crippen molar-refractivity contribution in [2.24, 2.45) is 5.92 Å². The fourth-order valence-electron chi connectivity index (χ4n) is 3.44. The zero-order chi connectivity index (χ0) is 12.8. The van der Waals surface area contributed by atoms with Crippen molar-refractivity contribution in [3.8, 4) is 0 Å². The van der Waals surface area contributed by atoms with E-state index in [1.807, 2.05) is 0 Å². The Balaban J connectivity index is 1.93. The maximum Gasteiger partial charge on any atom is 0.225 e. The number of carbonyl (C=O) groups is 1. The van der Waals surface area contributed by atoms with Crippen LogP contribution in [0, 0.1) is 5.92 Å². The van der Waals surface area contributed by atoms with E-state index in [0.29, 0.717) is 17.9 Å². The summed E-state index contributed by atoms with van der Waals surface area (Å²) in [7, 11) is 0. The Labute approximate surface area is 111 Å². The molecule has 104 valence electrons. The van der Waals surface area contributed by atoms with Crippen LogP contribution in [0.4, 0.5) is 0 Å². The molecule has 3 nitrogen and oxygen atoms in total. The Morgan fingerprint density at radius 3 is 2.33 bits per heavy atom. The largest absolute Gasteiger partial charge is 0.338 e. The number of hydrogen-bond acceptors (Lipinski definition) is 2. The SMILES string of the molecule is CCN(C(=O)C1CCCCCCC1)C1CCNC1. The summed E-state index contributed by atoms with van der Waals surface area (Å²) in [5.74, 6) is 0.749. The van der Waals surface area contributed by atoms with Crippen LogP contribution in [0.1, 0.15) is 58.3 Å². The summed E-state index contributed by atoms with van der Waals surface area (Å²) < 4.78 is 0. The number of likely N-dealkylation sites (N-methyl/N-ethyl adjacent to an activating group) is 1. The highest BCUT2D eigenvalue weighted by atomic mass is 16.2. The van der Waals surface area contributed by atoms with Crippen molar-refractivity contribution < 1.29 is 4.79 Å². The molecule has 1 aliphatic heterocycles. The summed E-state index contributed by atoms with van der Waals surface area (Å²) in [4.78, 5) is 14.8. The van der Waals surface area contributed by atoms with Crippen LogP contribution < -0.4 is 5.32 Å². The fourth-order valence-corrected chi connectivity index (χ4v) is 3.44. The molecule has 0 aromatic carbocycles. The molecule has 1 saturated carbocycles. The molecule has 2 rings (SSSR count). The van der Waals surface area contributed by atoms with Gasteiger partial charge in [0.2, 0.25) is 5.91 Å². The molecule has 2 aliphatic rings. The number of hydrogen-bond donors (Lipinski definition) is 1. The molecule has 2 fully saturated rings. The number of nitrogens with zero attached hydrogens (tertiary/aromatic N) is 1. The van der Waals surface area contributed by atoms with Gasteiger partial charge in [-0.05, 0) is 32.7 Å². The summed E-state index contributed by atoms with van der Waals surface area (Å²) in [6, 6.07) is 0.452. The van der Waals surface area contributed by atoms with Gasteiger partial charge < -0.3 is 10.2 Å². The van der Waals surface area contributed by atoms with Crippen molar-refractivity contribution >= 4 is 5.91 Å². The van der Waals surface area contributed by atoms with Crippen LogP contribution in [0.15, 0.2) is 0 Å². The smallest absolute Gasteiger partial charge is 0.225 e. The van der Waals surface area contributed by atoms with Gasteiger partial charge >= 0.3 is 0 Å². The monoisotopic (exact) mass is 252 g/mol. The summed E-state index contributed by atoms with van der Waals surface area (Å²) in [6.45, 7) is 5.06. The van der Waals surface area contributed by atoms with Crippen LogP contribution in [-0.4, -0.2) is 36.5 Å². The second-order valence-corrected chi connectivity index (χ2v) is 5.81. The molecule has 1 saturated heterocycles. The molecule has 1 amide bonds. The van der Waals surface area contributed by atoms with Crippen LogP contribution >= 0.6 is 0 Å². The van der Waals surface area contributed by atoms with Gasteiger partial charge in [0.15, 0.2) is 0 Å². The number of rotatable bonds is 3. The predicted octanol–water partition coefficient (Wildman–Crippen LogP) is 2.56. The molecule has 1 aliphatic carbocycles. The molecule has 1 heterocycles. The first-order chi connectivity index (χ1) is 8.83. The molecule has 1 unspecified atom stereocenters. The molecule has 1 N–H and O–H groups in total. The van der Waals surface area contributed by atoms with E-state index in [1.54, 1.807) is 0 Å². The molecular formula is C15H28N2O. The minimum absolute atomic E-state index is 0.311. The third-order valence-electron chi connectivity index (χ3n) is 4.55. The van der Waals surface area contributed by atoms with E-state index >= 15 is 0 Å². The van der Waals surface area contributed by atoms with Gasteiger partial charge in [-0.15, -0.1) is 0 Å². The van der Waals surface area contributed by atoms with Gasteiger partial charge in [0.05, 0.1) is 0 Å². The summed E-state index contributed by atoms with van der Waals surface area (Å²) in [5, 5.41) is 3.37. The zero-order valence-electron chi connectivity index (χ0n) is 11.8. The van der Waals surface area contributed by atoms with E-state index < -0.39 is 0 Å².